The van der Waals surface area contributed by atoms with Gasteiger partial charge in [0.2, 0.25) is 0 Å². The molecule has 2 N–H and O–H groups in total. The maximum absolute atomic E-state index is 4.45. The minimum Gasteiger partial charge on any atom is -0.352 e. The summed E-state index contributed by atoms with van der Waals surface area (Å²) in [5.74, 6) is 0.799. The van der Waals surface area contributed by atoms with Crippen molar-refractivity contribution in [2.45, 2.75) is 26.9 Å². The fourth-order valence-electron chi connectivity index (χ4n) is 2.81. The van der Waals surface area contributed by atoms with Crippen LogP contribution in [0.15, 0.2) is 34.6 Å². The summed E-state index contributed by atoms with van der Waals surface area (Å²) in [5, 5.41) is 14.7. The van der Waals surface area contributed by atoms with Gasteiger partial charge in [-0.05, 0) is 36.2 Å². The van der Waals surface area contributed by atoms with Crippen molar-refractivity contribution < 1.29 is 0 Å². The topological polar surface area (TPSA) is 54.2 Å². The monoisotopic (exact) mass is 341 g/mol. The van der Waals surface area contributed by atoms with Crippen molar-refractivity contribution in [2.75, 3.05) is 7.05 Å². The molecule has 0 radical (unpaired) electrons. The van der Waals surface area contributed by atoms with E-state index in [1.807, 2.05) is 18.7 Å². The third kappa shape index (κ3) is 3.28. The van der Waals surface area contributed by atoms with E-state index >= 15 is 0 Å². The van der Waals surface area contributed by atoms with E-state index in [9.17, 15) is 0 Å². The van der Waals surface area contributed by atoms with Gasteiger partial charge >= 0.3 is 0 Å². The number of thiophene rings is 1. The molecule has 0 bridgehead atoms. The number of aryl methyl sites for hydroxylation is 2. The second-order valence-electron chi connectivity index (χ2n) is 5.81. The first-order valence-corrected chi connectivity index (χ1v) is 8.86. The highest BCUT2D eigenvalue weighted by atomic mass is 32.1. The minimum atomic E-state index is 0.718. The van der Waals surface area contributed by atoms with Gasteiger partial charge in [-0.1, -0.05) is 18.2 Å². The number of nitrogens with one attached hydrogen (secondary N) is 2. The summed E-state index contributed by atoms with van der Waals surface area (Å²) in [7, 11) is 3.77. The number of aliphatic imine (C=N–C) groups is 1. The Labute approximate surface area is 146 Å². The smallest absolute Gasteiger partial charge is 0.191 e. The highest BCUT2D eigenvalue weighted by molar-refractivity contribution is 7.17. The Hall–Kier alpha value is -2.34. The van der Waals surface area contributed by atoms with E-state index < -0.39 is 0 Å². The molecule has 2 heterocycles. The van der Waals surface area contributed by atoms with Crippen LogP contribution in [-0.4, -0.2) is 22.8 Å². The van der Waals surface area contributed by atoms with Gasteiger partial charge in [0, 0.05) is 43.1 Å². The summed E-state index contributed by atoms with van der Waals surface area (Å²) in [6, 6.07) is 8.49. The van der Waals surface area contributed by atoms with Gasteiger partial charge in [0.25, 0.3) is 0 Å². The van der Waals surface area contributed by atoms with Gasteiger partial charge in [0.1, 0.15) is 0 Å². The number of nitrogens with zero attached hydrogens (tertiary/aromatic N) is 3. The summed E-state index contributed by atoms with van der Waals surface area (Å²) in [6.07, 6.45) is 0. The molecular weight excluding hydrogens is 318 g/mol. The van der Waals surface area contributed by atoms with Crippen molar-refractivity contribution in [2.24, 2.45) is 12.0 Å². The predicted molar refractivity (Wildman–Crippen MR) is 102 cm³/mol. The van der Waals surface area contributed by atoms with Crippen molar-refractivity contribution in [1.29, 1.82) is 0 Å². The van der Waals surface area contributed by atoms with E-state index in [4.69, 9.17) is 0 Å². The van der Waals surface area contributed by atoms with Gasteiger partial charge in [-0.25, -0.2) is 0 Å². The molecule has 0 fully saturated rings. The van der Waals surface area contributed by atoms with E-state index in [0.29, 0.717) is 0 Å². The van der Waals surface area contributed by atoms with E-state index in [1.165, 1.54) is 26.9 Å². The highest BCUT2D eigenvalue weighted by Gasteiger charge is 2.10. The van der Waals surface area contributed by atoms with Crippen molar-refractivity contribution >= 4 is 27.4 Å². The molecule has 0 unspecified atom stereocenters. The third-order valence-electron chi connectivity index (χ3n) is 4.32. The lowest BCUT2D eigenvalue weighted by Gasteiger charge is -2.12. The quantitative estimate of drug-likeness (QED) is 0.566. The number of hydrogen-bond donors (Lipinski definition) is 2. The predicted octanol–water partition coefficient (Wildman–Crippen LogP) is 3.12. The van der Waals surface area contributed by atoms with E-state index in [0.717, 1.165) is 24.7 Å². The lowest BCUT2D eigenvalue weighted by Crippen LogP contribution is -2.36. The lowest BCUT2D eigenvalue weighted by atomic mass is 10.2. The molecule has 0 aliphatic rings. The minimum absolute atomic E-state index is 0.718. The number of fused-ring (bicyclic) bond motifs is 1. The second-order valence-corrected chi connectivity index (χ2v) is 6.72. The van der Waals surface area contributed by atoms with E-state index in [1.54, 1.807) is 18.4 Å². The molecule has 0 atom stereocenters. The van der Waals surface area contributed by atoms with Gasteiger partial charge in [-0.3, -0.25) is 9.67 Å². The van der Waals surface area contributed by atoms with Crippen LogP contribution in [0.2, 0.25) is 0 Å². The van der Waals surface area contributed by atoms with E-state index in [2.05, 4.69) is 57.3 Å². The molecule has 126 valence electrons. The third-order valence-corrected chi connectivity index (χ3v) is 5.33. The molecule has 0 saturated carbocycles. The van der Waals surface area contributed by atoms with Crippen LogP contribution in [0.4, 0.5) is 0 Å². The standard InChI is InChI=1S/C18H23N5S/c1-12-16(13(2)23(4)22-12)10-21-18(19-3)20-9-14-11-24-17-8-6-5-7-15(14)17/h5-8,11H,9-10H2,1-4H3,(H2,19,20,21). The van der Waals surface area contributed by atoms with Crippen LogP contribution >= 0.6 is 11.3 Å². The zero-order valence-electron chi connectivity index (χ0n) is 14.6. The molecule has 1 aromatic carbocycles. The van der Waals surface area contributed by atoms with Crippen molar-refractivity contribution in [1.82, 2.24) is 20.4 Å². The Kier molecular flexibility index (Phi) is 4.85. The maximum Gasteiger partial charge on any atom is 0.191 e. The number of benzene rings is 1. The average Bonchev–Trinajstić information content (AvgIpc) is 3.10. The average molecular weight is 341 g/mol. The fourth-order valence-corrected chi connectivity index (χ4v) is 3.78. The molecule has 3 aromatic rings. The lowest BCUT2D eigenvalue weighted by molar-refractivity contribution is 0.728. The van der Waals surface area contributed by atoms with Crippen molar-refractivity contribution in [3.63, 3.8) is 0 Å². The largest absolute Gasteiger partial charge is 0.352 e. The Morgan fingerprint density at radius 1 is 1.21 bits per heavy atom. The summed E-state index contributed by atoms with van der Waals surface area (Å²) >= 11 is 1.78. The highest BCUT2D eigenvalue weighted by Crippen LogP contribution is 2.25. The van der Waals surface area contributed by atoms with Gasteiger partial charge in [-0.15, -0.1) is 11.3 Å². The Morgan fingerprint density at radius 3 is 2.67 bits per heavy atom. The normalized spacial score (nSPS) is 11.9. The molecule has 0 amide bonds. The summed E-state index contributed by atoms with van der Waals surface area (Å²) in [6.45, 7) is 5.60. The van der Waals surface area contributed by atoms with Crippen LogP contribution in [0.1, 0.15) is 22.5 Å². The molecule has 3 rings (SSSR count). The molecule has 0 aliphatic carbocycles. The van der Waals surface area contributed by atoms with Crippen LogP contribution in [0.5, 0.6) is 0 Å². The Morgan fingerprint density at radius 2 is 1.96 bits per heavy atom. The maximum atomic E-state index is 4.45. The van der Waals surface area contributed by atoms with Crippen LogP contribution in [-0.2, 0) is 20.1 Å². The molecule has 0 aliphatic heterocycles. The zero-order chi connectivity index (χ0) is 17.1. The van der Waals surface area contributed by atoms with Crippen LogP contribution in [0.3, 0.4) is 0 Å². The summed E-state index contributed by atoms with van der Waals surface area (Å²) < 4.78 is 3.24. The first-order valence-electron chi connectivity index (χ1n) is 7.99. The van der Waals surface area contributed by atoms with Crippen molar-refractivity contribution in [3.05, 3.63) is 52.2 Å². The molecule has 5 nitrogen and oxygen atoms in total. The van der Waals surface area contributed by atoms with Crippen LogP contribution in [0.25, 0.3) is 10.1 Å². The SMILES string of the molecule is CN=C(NCc1c(C)nn(C)c1C)NCc1csc2ccccc12. The number of hydrogen-bond acceptors (Lipinski definition) is 3. The van der Waals surface area contributed by atoms with Crippen molar-refractivity contribution in [3.8, 4) is 0 Å². The molecular formula is C18H23N5S. The first-order chi connectivity index (χ1) is 11.6. The molecule has 24 heavy (non-hydrogen) atoms. The van der Waals surface area contributed by atoms with Gasteiger partial charge in [0.05, 0.1) is 5.69 Å². The van der Waals surface area contributed by atoms with Gasteiger partial charge < -0.3 is 10.6 Å². The van der Waals surface area contributed by atoms with E-state index in [-0.39, 0.29) is 0 Å². The van der Waals surface area contributed by atoms with Crippen LogP contribution in [0, 0.1) is 13.8 Å². The number of guanidine groups is 1. The fraction of sp³-hybridized carbons (Fsp3) is 0.333. The zero-order valence-corrected chi connectivity index (χ0v) is 15.4. The molecule has 0 spiro atoms. The summed E-state index contributed by atoms with van der Waals surface area (Å²) in [5.41, 5.74) is 4.76. The Bertz CT molecular complexity index is 875. The molecule has 6 heteroatoms. The number of aromatic nitrogens is 2. The first kappa shape index (κ1) is 16.5. The number of rotatable bonds is 4. The van der Waals surface area contributed by atoms with Crippen LogP contribution < -0.4 is 10.6 Å². The van der Waals surface area contributed by atoms with Gasteiger partial charge in [-0.2, -0.15) is 5.10 Å². The Balaban J connectivity index is 1.63. The van der Waals surface area contributed by atoms with Gasteiger partial charge in [0.15, 0.2) is 5.96 Å². The summed E-state index contributed by atoms with van der Waals surface area (Å²) in [4.78, 5) is 4.32. The molecule has 0 saturated heterocycles. The molecule has 2 aromatic heterocycles. The second kappa shape index (κ2) is 7.05.